The number of hydrogen-bond acceptors (Lipinski definition) is 20. The van der Waals surface area contributed by atoms with Crippen LogP contribution in [0.1, 0.15) is 258 Å². The molecule has 0 aromatic heterocycles. The second-order valence-corrected chi connectivity index (χ2v) is 25.7. The van der Waals surface area contributed by atoms with Crippen molar-refractivity contribution < 1.29 is 104 Å². The van der Waals surface area contributed by atoms with Gasteiger partial charge in [0.2, 0.25) is 11.8 Å². The van der Waals surface area contributed by atoms with Crippen molar-refractivity contribution in [3.8, 4) is 0 Å². The van der Waals surface area contributed by atoms with Crippen molar-refractivity contribution in [2.45, 2.75) is 368 Å². The van der Waals surface area contributed by atoms with Crippen LogP contribution in [-0.4, -0.2) is 215 Å². The molecule has 2 amide bonds. The van der Waals surface area contributed by atoms with Gasteiger partial charge in [0.25, 0.3) is 5.79 Å². The molecule has 528 valence electrons. The van der Waals surface area contributed by atoms with Gasteiger partial charge >= 0.3 is 5.97 Å². The molecule has 3 rings (SSSR count). The summed E-state index contributed by atoms with van der Waals surface area (Å²) in [5.74, 6) is -6.10. The fraction of sp³-hybridized carbons (Fsp3) is 0.925. The minimum absolute atomic E-state index is 0.220. The first kappa shape index (κ1) is 81.7. The van der Waals surface area contributed by atoms with Gasteiger partial charge in [0.05, 0.1) is 50.7 Å². The normalized spacial score (nSPS) is 28.6. The van der Waals surface area contributed by atoms with E-state index in [9.17, 15) is 75.7 Å². The van der Waals surface area contributed by atoms with Crippen molar-refractivity contribution in [1.82, 2.24) is 10.6 Å². The first-order valence-corrected chi connectivity index (χ1v) is 35.0. The number of ether oxygens (including phenoxy) is 6. The monoisotopic (exact) mass is 1290 g/mol. The highest BCUT2D eigenvalue weighted by Gasteiger charge is 2.60. The summed E-state index contributed by atoms with van der Waals surface area (Å²) in [4.78, 5) is 38.5. The number of carbonyl (C=O) groups excluding carboxylic acids is 2. The summed E-state index contributed by atoms with van der Waals surface area (Å²) < 4.78 is 34.8. The number of hydrogen-bond donors (Lipinski definition) is 14. The fourth-order valence-electron chi connectivity index (χ4n) is 12.4. The third-order valence-corrected chi connectivity index (χ3v) is 18.0. The predicted molar refractivity (Wildman–Crippen MR) is 338 cm³/mol. The van der Waals surface area contributed by atoms with E-state index in [2.05, 4.69) is 36.6 Å². The number of aliphatic hydroxyl groups excluding tert-OH is 11. The van der Waals surface area contributed by atoms with Crippen LogP contribution in [0.4, 0.5) is 0 Å². The first-order valence-electron chi connectivity index (χ1n) is 35.0. The van der Waals surface area contributed by atoms with Crippen LogP contribution in [-0.2, 0) is 42.8 Å². The maximum absolute atomic E-state index is 13.5. The largest absolute Gasteiger partial charge is 0.477 e. The van der Waals surface area contributed by atoms with Gasteiger partial charge in [-0.2, -0.15) is 0 Å². The second kappa shape index (κ2) is 48.2. The molecule has 0 saturated carbocycles. The summed E-state index contributed by atoms with van der Waals surface area (Å²) in [5.41, 5.74) is 0. The molecule has 0 aromatic rings. The lowest BCUT2D eigenvalue weighted by Crippen LogP contribution is -2.70. The Kier molecular flexibility index (Phi) is 43.8. The van der Waals surface area contributed by atoms with Gasteiger partial charge < -0.3 is 100 Å². The molecule has 3 aliphatic rings. The van der Waals surface area contributed by atoms with Gasteiger partial charge in [-0.15, -0.1) is 0 Å². The summed E-state index contributed by atoms with van der Waals surface area (Å²) in [6.45, 7) is 2.20. The maximum Gasteiger partial charge on any atom is 0.364 e. The third-order valence-electron chi connectivity index (χ3n) is 18.0. The van der Waals surface area contributed by atoms with E-state index >= 15 is 0 Å². The summed E-state index contributed by atoms with van der Waals surface area (Å²) in [5, 5.41) is 136. The van der Waals surface area contributed by atoms with E-state index in [1.807, 2.05) is 0 Å². The number of carboxylic acids is 1. The van der Waals surface area contributed by atoms with Crippen molar-refractivity contribution in [2.24, 2.45) is 0 Å². The zero-order chi connectivity index (χ0) is 66.1. The molecule has 0 radical (unpaired) electrons. The molecule has 3 saturated heterocycles. The highest BCUT2D eigenvalue weighted by molar-refractivity contribution is 5.77. The number of amides is 2. The Hall–Kier alpha value is -2.53. The summed E-state index contributed by atoms with van der Waals surface area (Å²) in [6.07, 6.45) is 16.5. The van der Waals surface area contributed by atoms with Crippen LogP contribution in [0.15, 0.2) is 12.2 Å². The Bertz CT molecular complexity index is 1870. The molecule has 14 N–H and O–H groups in total. The number of carboxylic acid groups (broad SMARTS) is 1. The van der Waals surface area contributed by atoms with Crippen molar-refractivity contribution in [2.75, 3.05) is 26.4 Å². The van der Waals surface area contributed by atoms with Crippen molar-refractivity contribution in [3.05, 3.63) is 12.2 Å². The van der Waals surface area contributed by atoms with Crippen LogP contribution < -0.4 is 10.6 Å². The lowest BCUT2D eigenvalue weighted by atomic mass is 9.88. The molecule has 3 fully saturated rings. The Morgan fingerprint density at radius 1 is 0.567 bits per heavy atom. The van der Waals surface area contributed by atoms with E-state index < -0.39 is 148 Å². The van der Waals surface area contributed by atoms with Gasteiger partial charge in [0, 0.05) is 19.8 Å². The standard InChI is InChI=1S/C67H124N2O21/c1-4-6-8-10-12-14-16-18-19-20-21-22-23-24-25-26-27-29-31-33-35-37-39-41-54(77)69-48(49(74)40-38-36-34-32-30-28-17-15-13-11-9-7-5-2)46-85-64-59(81)58(80)61(53(45-72)87-64)88-65-60(82)63(57(79)52(44-71)86-65)90-67(66(83)84)42-50(75)55(68-47(3)73)62(89-67)56(78)51(76)43-70/h24-25,48-53,55-65,70-72,74-76,78-82H,4-23,26-46H2,1-3H3,(H,68,73)(H,69,77)(H,83,84)/b25-24-. The molecule has 3 aliphatic heterocycles. The van der Waals surface area contributed by atoms with Crippen LogP contribution in [0.25, 0.3) is 0 Å². The highest BCUT2D eigenvalue weighted by atomic mass is 16.8. The van der Waals surface area contributed by atoms with Gasteiger partial charge in [-0.05, 0) is 38.5 Å². The second-order valence-electron chi connectivity index (χ2n) is 25.7. The SMILES string of the molecule is CCCCCCCCCCCCCC/C=C\CCCCCCCCCC(=O)NC(COC1OC(CO)C(OC2OC(CO)C(O)C(OC3(C(=O)O)CC(O)C(NC(C)=O)C(C(O)C(O)CO)O3)C2O)C(O)C1O)C(O)CCCCCCCCCCCCCCC. The Morgan fingerprint density at radius 2 is 1.03 bits per heavy atom. The Balaban J connectivity index is 1.57. The zero-order valence-corrected chi connectivity index (χ0v) is 55.0. The van der Waals surface area contributed by atoms with Gasteiger partial charge in [0.1, 0.15) is 67.1 Å². The Labute approximate surface area is 537 Å². The number of unbranched alkanes of at least 4 members (excludes halogenated alkanes) is 31. The summed E-state index contributed by atoms with van der Waals surface area (Å²) in [7, 11) is 0. The average Bonchev–Trinajstić information content (AvgIpc) is 0.889. The Morgan fingerprint density at radius 3 is 1.50 bits per heavy atom. The topological polar surface area (TPSA) is 373 Å². The van der Waals surface area contributed by atoms with E-state index in [-0.39, 0.29) is 18.9 Å². The molecule has 0 aliphatic carbocycles. The quantitative estimate of drug-likeness (QED) is 0.0235. The molecule has 0 spiro atoms. The van der Waals surface area contributed by atoms with E-state index in [1.54, 1.807) is 0 Å². The number of rotatable bonds is 53. The first-order chi connectivity index (χ1) is 43.4. The molecule has 18 atom stereocenters. The molecule has 23 heteroatoms. The average molecular weight is 1290 g/mol. The van der Waals surface area contributed by atoms with E-state index in [4.69, 9.17) is 28.4 Å². The number of nitrogens with one attached hydrogen (secondary N) is 2. The van der Waals surface area contributed by atoms with Crippen molar-refractivity contribution in [1.29, 1.82) is 0 Å². The van der Waals surface area contributed by atoms with Gasteiger partial charge in [-0.25, -0.2) is 4.79 Å². The zero-order valence-electron chi connectivity index (χ0n) is 55.0. The minimum atomic E-state index is -3.08. The molecular weight excluding hydrogens is 1170 g/mol. The minimum Gasteiger partial charge on any atom is -0.477 e. The van der Waals surface area contributed by atoms with Crippen LogP contribution in [0, 0.1) is 0 Å². The number of aliphatic hydroxyl groups is 11. The molecular formula is C67H124N2O21. The summed E-state index contributed by atoms with van der Waals surface area (Å²) >= 11 is 0. The number of allylic oxidation sites excluding steroid dienone is 2. The highest BCUT2D eigenvalue weighted by Crippen LogP contribution is 2.39. The van der Waals surface area contributed by atoms with Crippen molar-refractivity contribution >= 4 is 17.8 Å². The smallest absolute Gasteiger partial charge is 0.364 e. The van der Waals surface area contributed by atoms with Gasteiger partial charge in [-0.3, -0.25) is 9.59 Å². The van der Waals surface area contributed by atoms with E-state index in [1.165, 1.54) is 128 Å². The lowest BCUT2D eigenvalue weighted by molar-refractivity contribution is -0.386. The predicted octanol–water partition coefficient (Wildman–Crippen LogP) is 6.29. The summed E-state index contributed by atoms with van der Waals surface area (Å²) in [6, 6.07) is -2.53. The van der Waals surface area contributed by atoms with Crippen LogP contribution in [0.5, 0.6) is 0 Å². The molecule has 23 nitrogen and oxygen atoms in total. The van der Waals surface area contributed by atoms with Crippen LogP contribution >= 0.6 is 0 Å². The lowest BCUT2D eigenvalue weighted by Gasteiger charge is -2.50. The fourth-order valence-corrected chi connectivity index (χ4v) is 12.4. The van der Waals surface area contributed by atoms with Gasteiger partial charge in [-0.1, -0.05) is 212 Å². The van der Waals surface area contributed by atoms with Crippen molar-refractivity contribution in [3.63, 3.8) is 0 Å². The molecule has 0 aromatic carbocycles. The molecule has 0 bridgehead atoms. The van der Waals surface area contributed by atoms with Crippen LogP contribution in [0.2, 0.25) is 0 Å². The van der Waals surface area contributed by atoms with E-state index in [0.29, 0.717) is 19.3 Å². The third kappa shape index (κ3) is 30.5. The van der Waals surface area contributed by atoms with Gasteiger partial charge in [0.15, 0.2) is 12.6 Å². The number of aliphatic carboxylic acids is 1. The molecule has 3 heterocycles. The van der Waals surface area contributed by atoms with Crippen LogP contribution in [0.3, 0.4) is 0 Å². The molecule has 90 heavy (non-hydrogen) atoms. The van der Waals surface area contributed by atoms with E-state index in [0.717, 1.165) is 84.0 Å². The molecule has 18 unspecified atom stereocenters. The number of carbonyl (C=O) groups is 3. The maximum atomic E-state index is 13.5.